The first-order chi connectivity index (χ1) is 10.5. The van der Waals surface area contributed by atoms with E-state index in [1.54, 1.807) is 48.5 Å². The van der Waals surface area contributed by atoms with Gasteiger partial charge in [0.1, 0.15) is 0 Å². The first-order valence-electron chi connectivity index (χ1n) is 6.51. The van der Waals surface area contributed by atoms with Crippen LogP contribution in [0, 0.1) is 11.3 Å². The minimum Gasteiger partial charge on any atom is -0.383 e. The van der Waals surface area contributed by atoms with Crippen molar-refractivity contribution in [2.24, 2.45) is 0 Å². The van der Waals surface area contributed by atoms with Gasteiger partial charge in [-0.2, -0.15) is 5.26 Å². The van der Waals surface area contributed by atoms with Gasteiger partial charge in [0, 0.05) is 23.2 Å². The molecule has 0 spiro atoms. The summed E-state index contributed by atoms with van der Waals surface area (Å²) >= 11 is 3.36. The molecule has 5 nitrogen and oxygen atoms in total. The number of nitrogens with one attached hydrogen (secondary N) is 2. The molecule has 2 rings (SSSR count). The second-order valence-electron chi connectivity index (χ2n) is 4.44. The maximum Gasteiger partial charge on any atom is 0.240 e. The average molecular weight is 380 g/mol. The Bertz CT molecular complexity index is 786. The predicted molar refractivity (Wildman–Crippen MR) is 89.0 cm³/mol. The third-order valence-corrected chi connectivity index (χ3v) is 5.02. The third-order valence-electron chi connectivity index (χ3n) is 2.88. The lowest BCUT2D eigenvalue weighted by molar-refractivity contribution is 0.583. The van der Waals surface area contributed by atoms with Gasteiger partial charge in [0.2, 0.25) is 10.0 Å². The third kappa shape index (κ3) is 4.31. The summed E-state index contributed by atoms with van der Waals surface area (Å²) in [7, 11) is -3.48. The zero-order chi connectivity index (χ0) is 16.0. The van der Waals surface area contributed by atoms with Crippen molar-refractivity contribution in [2.45, 2.75) is 4.90 Å². The highest BCUT2D eigenvalue weighted by atomic mass is 79.9. The molecule has 2 aromatic carbocycles. The second kappa shape index (κ2) is 7.40. The van der Waals surface area contributed by atoms with Gasteiger partial charge >= 0.3 is 0 Å². The molecule has 0 aromatic heterocycles. The van der Waals surface area contributed by atoms with Gasteiger partial charge in [-0.3, -0.25) is 0 Å². The number of nitrogens with zero attached hydrogens (tertiary/aromatic N) is 1. The molecule has 0 radical (unpaired) electrons. The molecular weight excluding hydrogens is 366 g/mol. The highest BCUT2D eigenvalue weighted by Crippen LogP contribution is 2.23. The van der Waals surface area contributed by atoms with Crippen LogP contribution in [0.4, 0.5) is 5.69 Å². The molecule has 0 aliphatic rings. The molecule has 7 heteroatoms. The van der Waals surface area contributed by atoms with Crippen molar-refractivity contribution < 1.29 is 8.42 Å². The average Bonchev–Trinajstić information content (AvgIpc) is 2.53. The highest BCUT2D eigenvalue weighted by molar-refractivity contribution is 9.10. The van der Waals surface area contributed by atoms with Gasteiger partial charge in [0.15, 0.2) is 0 Å². The van der Waals surface area contributed by atoms with E-state index in [1.807, 2.05) is 0 Å². The van der Waals surface area contributed by atoms with Crippen molar-refractivity contribution in [1.29, 1.82) is 5.26 Å². The van der Waals surface area contributed by atoms with Crippen LogP contribution in [0.25, 0.3) is 0 Å². The van der Waals surface area contributed by atoms with Crippen molar-refractivity contribution in [3.05, 3.63) is 58.6 Å². The van der Waals surface area contributed by atoms with Gasteiger partial charge in [-0.1, -0.05) is 18.2 Å². The molecule has 0 aliphatic carbocycles. The standard InChI is InChI=1S/C15H14BrN3O2S/c16-14-10-12(11-17)6-7-15(14)18-8-9-19-22(20,21)13-4-2-1-3-5-13/h1-7,10,18-19H,8-9H2. The Labute approximate surface area is 138 Å². The number of halogens is 1. The molecule has 0 unspecified atom stereocenters. The van der Waals surface area contributed by atoms with Crippen LogP contribution in [0.1, 0.15) is 5.56 Å². The molecule has 0 heterocycles. The molecule has 0 atom stereocenters. The van der Waals surface area contributed by atoms with E-state index in [2.05, 4.69) is 32.0 Å². The predicted octanol–water partition coefficient (Wildman–Crippen LogP) is 2.71. The van der Waals surface area contributed by atoms with Crippen molar-refractivity contribution in [3.63, 3.8) is 0 Å². The molecule has 2 aromatic rings. The lowest BCUT2D eigenvalue weighted by atomic mass is 10.2. The summed E-state index contributed by atoms with van der Waals surface area (Å²) in [6, 6.07) is 15.5. The molecule has 0 bridgehead atoms. The maximum atomic E-state index is 12.0. The van der Waals surface area contributed by atoms with Crippen LogP contribution in [0.2, 0.25) is 0 Å². The fraction of sp³-hybridized carbons (Fsp3) is 0.133. The van der Waals surface area contributed by atoms with E-state index in [1.165, 1.54) is 0 Å². The van der Waals surface area contributed by atoms with Gasteiger partial charge in [0.05, 0.1) is 16.5 Å². The van der Waals surface area contributed by atoms with Crippen LogP contribution in [0.5, 0.6) is 0 Å². The highest BCUT2D eigenvalue weighted by Gasteiger charge is 2.12. The Morgan fingerprint density at radius 1 is 1.09 bits per heavy atom. The van der Waals surface area contributed by atoms with E-state index in [-0.39, 0.29) is 11.4 Å². The van der Waals surface area contributed by atoms with Gasteiger partial charge < -0.3 is 5.32 Å². The van der Waals surface area contributed by atoms with Gasteiger partial charge in [0.25, 0.3) is 0 Å². The molecular formula is C15H14BrN3O2S. The SMILES string of the molecule is N#Cc1ccc(NCCNS(=O)(=O)c2ccccc2)c(Br)c1. The number of rotatable bonds is 6. The van der Waals surface area contributed by atoms with Crippen LogP contribution in [0.15, 0.2) is 57.9 Å². The Kier molecular flexibility index (Phi) is 5.55. The number of anilines is 1. The molecule has 0 amide bonds. The lowest BCUT2D eigenvalue weighted by Gasteiger charge is -2.10. The van der Waals surface area contributed by atoms with E-state index < -0.39 is 10.0 Å². The van der Waals surface area contributed by atoms with Crippen LogP contribution >= 0.6 is 15.9 Å². The first-order valence-corrected chi connectivity index (χ1v) is 8.79. The molecule has 2 N–H and O–H groups in total. The minimum atomic E-state index is -3.48. The summed E-state index contributed by atoms with van der Waals surface area (Å²) in [4.78, 5) is 0.245. The van der Waals surface area contributed by atoms with Crippen LogP contribution < -0.4 is 10.0 Å². The van der Waals surface area contributed by atoms with Crippen LogP contribution in [-0.2, 0) is 10.0 Å². The summed E-state index contributed by atoms with van der Waals surface area (Å²) in [5.41, 5.74) is 1.36. The zero-order valence-electron chi connectivity index (χ0n) is 11.6. The van der Waals surface area contributed by atoms with Crippen molar-refractivity contribution in [2.75, 3.05) is 18.4 Å². The zero-order valence-corrected chi connectivity index (χ0v) is 14.0. The molecule has 0 aliphatic heterocycles. The normalized spacial score (nSPS) is 10.9. The molecule has 0 saturated heterocycles. The number of hydrogen-bond donors (Lipinski definition) is 2. The quantitative estimate of drug-likeness (QED) is 0.755. The van der Waals surface area contributed by atoms with Gasteiger partial charge in [-0.05, 0) is 46.3 Å². The van der Waals surface area contributed by atoms with Crippen molar-refractivity contribution in [1.82, 2.24) is 4.72 Å². The monoisotopic (exact) mass is 379 g/mol. The largest absolute Gasteiger partial charge is 0.383 e. The second-order valence-corrected chi connectivity index (χ2v) is 7.07. The fourth-order valence-corrected chi connectivity index (χ4v) is 3.37. The van der Waals surface area contributed by atoms with Crippen LogP contribution in [-0.4, -0.2) is 21.5 Å². The van der Waals surface area contributed by atoms with Gasteiger partial charge in [-0.25, -0.2) is 13.1 Å². The molecule has 0 fully saturated rings. The molecule has 114 valence electrons. The number of nitriles is 1. The fourth-order valence-electron chi connectivity index (χ4n) is 1.79. The Hall–Kier alpha value is -1.88. The Morgan fingerprint density at radius 2 is 1.82 bits per heavy atom. The van der Waals surface area contributed by atoms with E-state index in [4.69, 9.17) is 5.26 Å². The van der Waals surface area contributed by atoms with E-state index in [9.17, 15) is 8.42 Å². The number of hydrogen-bond acceptors (Lipinski definition) is 4. The summed E-state index contributed by atoms with van der Waals surface area (Å²) in [6.45, 7) is 0.681. The maximum absolute atomic E-state index is 12.0. The van der Waals surface area contributed by atoms with E-state index in [0.29, 0.717) is 12.1 Å². The van der Waals surface area contributed by atoms with Crippen LogP contribution in [0.3, 0.4) is 0 Å². The number of benzene rings is 2. The van der Waals surface area contributed by atoms with Crippen molar-refractivity contribution >= 4 is 31.6 Å². The molecule has 22 heavy (non-hydrogen) atoms. The summed E-state index contributed by atoms with van der Waals surface area (Å²) in [5.74, 6) is 0. The molecule has 0 saturated carbocycles. The van der Waals surface area contributed by atoms with E-state index in [0.717, 1.165) is 10.2 Å². The van der Waals surface area contributed by atoms with E-state index >= 15 is 0 Å². The Morgan fingerprint density at radius 3 is 2.45 bits per heavy atom. The lowest BCUT2D eigenvalue weighted by Crippen LogP contribution is -2.28. The van der Waals surface area contributed by atoms with Gasteiger partial charge in [-0.15, -0.1) is 0 Å². The minimum absolute atomic E-state index is 0.245. The summed E-state index contributed by atoms with van der Waals surface area (Å²) in [6.07, 6.45) is 0. The number of sulfonamides is 1. The summed E-state index contributed by atoms with van der Waals surface area (Å²) < 4.78 is 27.3. The Balaban J connectivity index is 1.89. The smallest absolute Gasteiger partial charge is 0.240 e. The summed E-state index contributed by atoms with van der Waals surface area (Å²) in [5, 5.41) is 11.9. The van der Waals surface area contributed by atoms with Crippen molar-refractivity contribution in [3.8, 4) is 6.07 Å². The first kappa shape index (κ1) is 16.5. The topological polar surface area (TPSA) is 82.0 Å².